The van der Waals surface area contributed by atoms with E-state index in [0.717, 1.165) is 0 Å². The van der Waals surface area contributed by atoms with Gasteiger partial charge in [0.05, 0.1) is 0 Å². The van der Waals surface area contributed by atoms with Gasteiger partial charge < -0.3 is 0 Å². The molecule has 0 aromatic heterocycles. The van der Waals surface area contributed by atoms with Crippen LogP contribution in [-0.2, 0) is 14.3 Å². The maximum absolute atomic E-state index is 12.7. The lowest BCUT2D eigenvalue weighted by Crippen LogP contribution is -2.35. The van der Waals surface area contributed by atoms with Gasteiger partial charge in [-0.2, -0.15) is 47.7 Å². The van der Waals surface area contributed by atoms with Crippen LogP contribution in [0.3, 0.4) is 0 Å². The second kappa shape index (κ2) is 5.22. The van der Waals surface area contributed by atoms with E-state index in [1.54, 1.807) is 0 Å². The number of halogens is 10. The highest BCUT2D eigenvalue weighted by Gasteiger charge is 2.56. The zero-order valence-corrected chi connectivity index (χ0v) is 10.2. The summed E-state index contributed by atoms with van der Waals surface area (Å²) in [5.41, 5.74) is -6.28. The highest BCUT2D eigenvalue weighted by atomic mass is 35.5. The normalized spacial score (nSPS) is 16.3. The molecule has 0 aromatic rings. The maximum atomic E-state index is 12.7. The topological polar surface area (TPSA) is 43.4 Å². The van der Waals surface area contributed by atoms with E-state index < -0.39 is 38.0 Å². The van der Waals surface area contributed by atoms with Crippen LogP contribution in [0.25, 0.3) is 0 Å². The van der Waals surface area contributed by atoms with Crippen molar-refractivity contribution in [2.75, 3.05) is 0 Å². The maximum Gasteiger partial charge on any atom is 0.523 e. The Kier molecular flexibility index (Phi) is 5.13. The van der Waals surface area contributed by atoms with Crippen molar-refractivity contribution in [3.8, 4) is 0 Å². The fraction of sp³-hybridized carbons (Fsp3) is 0.600. The molecule has 114 valence electrons. The van der Waals surface area contributed by atoms with Gasteiger partial charge in [-0.15, -0.1) is 0 Å². The first-order valence-electron chi connectivity index (χ1n) is 3.55. The molecule has 0 aromatic carbocycles. The fourth-order valence-corrected chi connectivity index (χ4v) is 1.23. The van der Waals surface area contributed by atoms with Crippen molar-refractivity contribution >= 4 is 33.3 Å². The largest absolute Gasteiger partial charge is 0.523 e. The minimum absolute atomic E-state index is 2.31. The lowest BCUT2D eigenvalue weighted by Gasteiger charge is -2.18. The molecule has 0 atom stereocenters. The zero-order valence-electron chi connectivity index (χ0n) is 7.91. The minimum Gasteiger partial charge on any atom is -0.189 e. The molecule has 0 amide bonds. The standard InChI is InChI=1S/C5Cl2F8O3S/c6-1(3(8,9)10)2(7)4(11,12)18-19(16,17)5(13,14)15/b2-1+. The van der Waals surface area contributed by atoms with Crippen LogP contribution in [0.4, 0.5) is 35.1 Å². The van der Waals surface area contributed by atoms with Crippen LogP contribution in [0.1, 0.15) is 0 Å². The highest BCUT2D eigenvalue weighted by molar-refractivity contribution is 7.87. The van der Waals surface area contributed by atoms with Crippen molar-refractivity contribution in [2.24, 2.45) is 0 Å². The quantitative estimate of drug-likeness (QED) is 0.436. The molecule has 0 aliphatic rings. The molecule has 14 heteroatoms. The van der Waals surface area contributed by atoms with Crippen LogP contribution in [0.15, 0.2) is 10.1 Å². The summed E-state index contributed by atoms with van der Waals surface area (Å²) in [6.45, 7) is 0. The first-order valence-corrected chi connectivity index (χ1v) is 5.71. The molecule has 0 saturated carbocycles. The monoisotopic (exact) mass is 362 g/mol. The Bertz CT molecular complexity index is 476. The van der Waals surface area contributed by atoms with Crippen LogP contribution in [-0.4, -0.2) is 26.2 Å². The molecule has 0 bridgehead atoms. The van der Waals surface area contributed by atoms with E-state index in [0.29, 0.717) is 0 Å². The van der Waals surface area contributed by atoms with Gasteiger partial charge in [0.2, 0.25) is 0 Å². The summed E-state index contributed by atoms with van der Waals surface area (Å²) >= 11 is 8.71. The van der Waals surface area contributed by atoms with Gasteiger partial charge in [-0.25, -0.2) is 0 Å². The highest BCUT2D eigenvalue weighted by Crippen LogP contribution is 2.42. The lowest BCUT2D eigenvalue weighted by atomic mass is 10.4. The number of hydrogen-bond donors (Lipinski definition) is 0. The van der Waals surface area contributed by atoms with Gasteiger partial charge >= 0.3 is 27.9 Å². The Morgan fingerprint density at radius 1 is 0.842 bits per heavy atom. The van der Waals surface area contributed by atoms with Gasteiger partial charge in [-0.05, 0) is 0 Å². The van der Waals surface area contributed by atoms with Crippen LogP contribution in [0.2, 0.25) is 0 Å². The van der Waals surface area contributed by atoms with Gasteiger partial charge in [-0.1, -0.05) is 23.2 Å². The second-order valence-electron chi connectivity index (χ2n) is 2.63. The third kappa shape index (κ3) is 4.61. The van der Waals surface area contributed by atoms with E-state index in [1.165, 1.54) is 0 Å². The average molecular weight is 363 g/mol. The fourth-order valence-electron chi connectivity index (χ4n) is 0.474. The molecule has 0 unspecified atom stereocenters. The molecular weight excluding hydrogens is 363 g/mol. The Balaban J connectivity index is 5.57. The Morgan fingerprint density at radius 2 is 1.21 bits per heavy atom. The summed E-state index contributed by atoms with van der Waals surface area (Å²) in [4.78, 5) is 0. The van der Waals surface area contributed by atoms with Crippen LogP contribution >= 0.6 is 23.2 Å². The zero-order chi connectivity index (χ0) is 15.9. The SMILES string of the molecule is O=S(=O)(OC(F)(F)/C(Cl)=C(\Cl)C(F)(F)F)C(F)(F)F. The Morgan fingerprint density at radius 3 is 1.47 bits per heavy atom. The van der Waals surface area contributed by atoms with Crippen LogP contribution in [0.5, 0.6) is 0 Å². The van der Waals surface area contributed by atoms with Gasteiger partial charge in [0.1, 0.15) is 10.1 Å². The van der Waals surface area contributed by atoms with Crippen LogP contribution in [0, 0.1) is 0 Å². The molecule has 0 radical (unpaired) electrons. The summed E-state index contributed by atoms with van der Waals surface area (Å²) in [5, 5.41) is -5.48. The van der Waals surface area contributed by atoms with E-state index >= 15 is 0 Å². The van der Waals surface area contributed by atoms with Crippen molar-refractivity contribution in [3.05, 3.63) is 10.1 Å². The van der Waals surface area contributed by atoms with E-state index in [-0.39, 0.29) is 0 Å². The summed E-state index contributed by atoms with van der Waals surface area (Å²) in [5.74, 6) is 0. The first kappa shape index (κ1) is 18.7. The average Bonchev–Trinajstić information content (AvgIpc) is 2.10. The van der Waals surface area contributed by atoms with E-state index in [4.69, 9.17) is 0 Å². The predicted octanol–water partition coefficient (Wildman–Crippen LogP) is 3.70. The Hall–Kier alpha value is -0.330. The number of allylic oxidation sites excluding steroid dienone is 1. The predicted molar refractivity (Wildman–Crippen MR) is 45.8 cm³/mol. The molecule has 0 aliphatic carbocycles. The van der Waals surface area contributed by atoms with Gasteiger partial charge in [0, 0.05) is 0 Å². The molecular formula is C5Cl2F8O3S. The van der Waals surface area contributed by atoms with E-state index in [1.807, 2.05) is 0 Å². The summed E-state index contributed by atoms with van der Waals surface area (Å²) < 4.78 is 119. The summed E-state index contributed by atoms with van der Waals surface area (Å²) in [7, 11) is -6.87. The molecule has 0 rings (SSSR count). The van der Waals surface area contributed by atoms with E-state index in [9.17, 15) is 43.5 Å². The number of rotatable bonds is 3. The van der Waals surface area contributed by atoms with Crippen molar-refractivity contribution in [2.45, 2.75) is 17.8 Å². The van der Waals surface area contributed by atoms with Crippen molar-refractivity contribution in [1.82, 2.24) is 0 Å². The molecule has 0 aliphatic heterocycles. The van der Waals surface area contributed by atoms with Crippen molar-refractivity contribution in [3.63, 3.8) is 0 Å². The summed E-state index contributed by atoms with van der Waals surface area (Å²) in [6.07, 6.45) is -11.3. The summed E-state index contributed by atoms with van der Waals surface area (Å²) in [6, 6.07) is 0. The molecule has 0 saturated heterocycles. The smallest absolute Gasteiger partial charge is 0.189 e. The van der Waals surface area contributed by atoms with Crippen LogP contribution < -0.4 is 0 Å². The number of hydrogen-bond acceptors (Lipinski definition) is 3. The third-order valence-electron chi connectivity index (χ3n) is 1.19. The second-order valence-corrected chi connectivity index (χ2v) is 4.92. The first-order chi connectivity index (χ1) is 8.02. The van der Waals surface area contributed by atoms with Crippen molar-refractivity contribution in [1.29, 1.82) is 0 Å². The molecule has 0 heterocycles. The number of alkyl halides is 8. The van der Waals surface area contributed by atoms with Gasteiger partial charge in [0.25, 0.3) is 0 Å². The van der Waals surface area contributed by atoms with Gasteiger partial charge in [0.15, 0.2) is 0 Å². The van der Waals surface area contributed by atoms with E-state index in [2.05, 4.69) is 27.4 Å². The minimum atomic E-state index is -6.87. The molecule has 0 fully saturated rings. The molecule has 3 nitrogen and oxygen atoms in total. The van der Waals surface area contributed by atoms with Gasteiger partial charge in [-0.3, -0.25) is 0 Å². The lowest BCUT2D eigenvalue weighted by molar-refractivity contribution is -0.153. The molecule has 0 spiro atoms. The Labute approximate surface area is 109 Å². The van der Waals surface area contributed by atoms with Crippen molar-refractivity contribution < 1.29 is 47.7 Å². The molecule has 19 heavy (non-hydrogen) atoms. The third-order valence-corrected chi connectivity index (χ3v) is 3.10. The molecule has 0 N–H and O–H groups in total.